The van der Waals surface area contributed by atoms with Gasteiger partial charge >= 0.3 is 12.1 Å². The van der Waals surface area contributed by atoms with Crippen LogP contribution in [-0.2, 0) is 16.0 Å². The van der Waals surface area contributed by atoms with Crippen molar-refractivity contribution in [1.82, 2.24) is 10.2 Å². The number of ether oxygens (including phenoxy) is 2. The van der Waals surface area contributed by atoms with E-state index in [-0.39, 0.29) is 12.1 Å². The molecule has 2 fully saturated rings. The van der Waals surface area contributed by atoms with Crippen LogP contribution in [0.15, 0.2) is 24.3 Å². The largest absolute Gasteiger partial charge is 0.448 e. The highest BCUT2D eigenvalue weighted by Gasteiger charge is 2.22. The number of nitrogens with zero attached hydrogens (tertiary/aromatic N) is 1. The van der Waals surface area contributed by atoms with Crippen molar-refractivity contribution in [2.24, 2.45) is 5.92 Å². The zero-order chi connectivity index (χ0) is 19.1. The van der Waals surface area contributed by atoms with Crippen LogP contribution in [0.5, 0.6) is 0 Å². The molecule has 2 unspecified atom stereocenters. The summed E-state index contributed by atoms with van der Waals surface area (Å²) in [6.07, 6.45) is 4.92. The van der Waals surface area contributed by atoms with Gasteiger partial charge in [0.1, 0.15) is 6.61 Å². The Morgan fingerprint density at radius 1 is 1.26 bits per heavy atom. The molecule has 0 spiro atoms. The number of amides is 3. The number of rotatable bonds is 7. The maximum absolute atomic E-state index is 12.0. The van der Waals surface area contributed by atoms with Crippen LogP contribution in [0.25, 0.3) is 0 Å². The van der Waals surface area contributed by atoms with Gasteiger partial charge in [-0.2, -0.15) is 0 Å². The van der Waals surface area contributed by atoms with Crippen molar-refractivity contribution in [3.8, 4) is 0 Å². The fourth-order valence-corrected chi connectivity index (χ4v) is 3.56. The number of cyclic esters (lactones) is 1. The Morgan fingerprint density at radius 3 is 2.74 bits per heavy atom. The predicted molar refractivity (Wildman–Crippen MR) is 103 cm³/mol. The first kappa shape index (κ1) is 19.5. The Balaban J connectivity index is 1.34. The fourth-order valence-electron chi connectivity index (χ4n) is 3.56. The topological polar surface area (TPSA) is 79.9 Å². The molecule has 148 valence electrons. The highest BCUT2D eigenvalue weighted by Crippen LogP contribution is 2.26. The maximum atomic E-state index is 12.0. The lowest BCUT2D eigenvalue weighted by Gasteiger charge is -2.28. The third kappa shape index (κ3) is 5.85. The molecular weight excluding hydrogens is 346 g/mol. The molecule has 2 aliphatic rings. The van der Waals surface area contributed by atoms with Crippen LogP contribution < -0.4 is 10.6 Å². The summed E-state index contributed by atoms with van der Waals surface area (Å²) in [4.78, 5) is 25.1. The minimum Gasteiger partial charge on any atom is -0.448 e. The molecule has 0 aromatic heterocycles. The van der Waals surface area contributed by atoms with Gasteiger partial charge < -0.3 is 25.0 Å². The van der Waals surface area contributed by atoms with E-state index >= 15 is 0 Å². The molecule has 1 aromatic rings. The van der Waals surface area contributed by atoms with Crippen molar-refractivity contribution >= 4 is 17.8 Å². The van der Waals surface area contributed by atoms with E-state index in [2.05, 4.69) is 17.6 Å². The molecule has 3 amide bonds. The molecule has 1 saturated carbocycles. The lowest BCUT2D eigenvalue weighted by atomic mass is 9.88. The number of urea groups is 1. The van der Waals surface area contributed by atoms with Crippen LogP contribution in [0.2, 0.25) is 0 Å². The van der Waals surface area contributed by atoms with Gasteiger partial charge in [0.05, 0.1) is 19.3 Å². The fraction of sp³-hybridized carbons (Fsp3) is 0.600. The highest BCUT2D eigenvalue weighted by molar-refractivity contribution is 5.89. The van der Waals surface area contributed by atoms with Crippen LogP contribution in [0, 0.1) is 5.92 Å². The zero-order valence-corrected chi connectivity index (χ0v) is 15.9. The van der Waals surface area contributed by atoms with Crippen LogP contribution in [-0.4, -0.2) is 49.4 Å². The van der Waals surface area contributed by atoms with Crippen LogP contribution in [0.1, 0.15) is 38.2 Å². The van der Waals surface area contributed by atoms with Crippen molar-refractivity contribution in [3.05, 3.63) is 29.8 Å². The number of hydrogen-bond acceptors (Lipinski definition) is 4. The summed E-state index contributed by atoms with van der Waals surface area (Å²) in [6, 6.07) is 7.21. The molecule has 1 heterocycles. The number of carbonyl (C=O) groups excluding carboxylic acids is 2. The van der Waals surface area contributed by atoms with Crippen LogP contribution >= 0.6 is 0 Å². The van der Waals surface area contributed by atoms with Gasteiger partial charge in [-0.3, -0.25) is 0 Å². The molecule has 2 atom stereocenters. The van der Waals surface area contributed by atoms with E-state index in [1.165, 1.54) is 19.3 Å². The Morgan fingerprint density at radius 2 is 2.04 bits per heavy atom. The summed E-state index contributed by atoms with van der Waals surface area (Å²) in [5.41, 5.74) is 1.71. The third-order valence-corrected chi connectivity index (χ3v) is 5.18. The van der Waals surface area contributed by atoms with Crippen molar-refractivity contribution in [3.63, 3.8) is 0 Å². The number of benzene rings is 1. The van der Waals surface area contributed by atoms with Gasteiger partial charge in [0.2, 0.25) is 0 Å². The first-order valence-electron chi connectivity index (χ1n) is 9.79. The standard InChI is InChI=1S/C20H29N3O4/c1-15-4-2-3-5-18(15)26-12-10-21-19(24)22-17-8-6-16(7-9-17)14-23-11-13-27-20(23)25/h6-9,15,18H,2-5,10-14H2,1H3,(H2,21,22,24). The van der Waals surface area contributed by atoms with Gasteiger partial charge in [0.15, 0.2) is 0 Å². The zero-order valence-electron chi connectivity index (χ0n) is 15.9. The van der Waals surface area contributed by atoms with Crippen molar-refractivity contribution in [1.29, 1.82) is 0 Å². The van der Waals surface area contributed by atoms with Crippen LogP contribution in [0.4, 0.5) is 15.3 Å². The minimum absolute atomic E-state index is 0.244. The molecule has 0 bridgehead atoms. The molecule has 3 rings (SSSR count). The van der Waals surface area contributed by atoms with E-state index in [1.807, 2.05) is 24.3 Å². The Hall–Kier alpha value is -2.28. The molecule has 1 aliphatic carbocycles. The third-order valence-electron chi connectivity index (χ3n) is 5.18. The van der Waals surface area contributed by atoms with Gasteiger partial charge in [-0.1, -0.05) is 31.9 Å². The van der Waals surface area contributed by atoms with Gasteiger partial charge in [-0.15, -0.1) is 0 Å². The normalized spacial score (nSPS) is 22.4. The van der Waals surface area contributed by atoms with Gasteiger partial charge in [-0.25, -0.2) is 9.59 Å². The van der Waals surface area contributed by atoms with E-state index in [1.54, 1.807) is 4.90 Å². The molecule has 7 heteroatoms. The second-order valence-electron chi connectivity index (χ2n) is 7.28. The molecule has 1 saturated heterocycles. The van der Waals surface area contributed by atoms with Crippen LogP contribution in [0.3, 0.4) is 0 Å². The van der Waals surface area contributed by atoms with Crippen molar-refractivity contribution in [2.45, 2.75) is 45.3 Å². The van der Waals surface area contributed by atoms with E-state index in [9.17, 15) is 9.59 Å². The number of nitrogens with one attached hydrogen (secondary N) is 2. The minimum atomic E-state index is -0.276. The second-order valence-corrected chi connectivity index (χ2v) is 7.28. The van der Waals surface area contributed by atoms with Crippen molar-refractivity contribution in [2.75, 3.05) is 31.6 Å². The van der Waals surface area contributed by atoms with E-state index < -0.39 is 0 Å². The monoisotopic (exact) mass is 375 g/mol. The summed E-state index contributed by atoms with van der Waals surface area (Å²) in [5.74, 6) is 0.605. The Bertz CT molecular complexity index is 635. The quantitative estimate of drug-likeness (QED) is 0.716. The SMILES string of the molecule is CC1CCCCC1OCCNC(=O)Nc1ccc(CN2CCOC2=O)cc1. The summed E-state index contributed by atoms with van der Waals surface area (Å²) in [5, 5.41) is 5.63. The van der Waals surface area contributed by atoms with E-state index in [0.29, 0.717) is 50.6 Å². The smallest absolute Gasteiger partial charge is 0.410 e. The molecule has 0 radical (unpaired) electrons. The molecule has 2 N–H and O–H groups in total. The number of anilines is 1. The molecule has 27 heavy (non-hydrogen) atoms. The molecule has 7 nitrogen and oxygen atoms in total. The lowest BCUT2D eigenvalue weighted by molar-refractivity contribution is -0.00232. The lowest BCUT2D eigenvalue weighted by Crippen LogP contribution is -2.34. The summed E-state index contributed by atoms with van der Waals surface area (Å²) < 4.78 is 10.8. The van der Waals surface area contributed by atoms with E-state index in [0.717, 1.165) is 12.0 Å². The summed E-state index contributed by atoms with van der Waals surface area (Å²) in [6.45, 7) is 4.84. The highest BCUT2D eigenvalue weighted by atomic mass is 16.6. The first-order valence-corrected chi connectivity index (χ1v) is 9.79. The summed E-state index contributed by atoms with van der Waals surface area (Å²) in [7, 11) is 0. The van der Waals surface area contributed by atoms with Gasteiger partial charge in [0.25, 0.3) is 0 Å². The predicted octanol–water partition coefficient (Wildman–Crippen LogP) is 3.36. The van der Waals surface area contributed by atoms with E-state index in [4.69, 9.17) is 9.47 Å². The summed E-state index contributed by atoms with van der Waals surface area (Å²) >= 11 is 0. The van der Waals surface area contributed by atoms with Crippen molar-refractivity contribution < 1.29 is 19.1 Å². The second kappa shape index (κ2) is 9.60. The number of carbonyl (C=O) groups is 2. The Kier molecular flexibility index (Phi) is 6.92. The average molecular weight is 375 g/mol. The maximum Gasteiger partial charge on any atom is 0.410 e. The first-order chi connectivity index (χ1) is 13.1. The molecule has 1 aliphatic heterocycles. The molecule has 1 aromatic carbocycles. The average Bonchev–Trinajstić information content (AvgIpc) is 3.06. The molecular formula is C20H29N3O4. The number of hydrogen-bond donors (Lipinski definition) is 2. The van der Waals surface area contributed by atoms with Gasteiger partial charge in [0, 0.05) is 18.8 Å². The Labute approximate surface area is 160 Å². The van der Waals surface area contributed by atoms with Gasteiger partial charge in [-0.05, 0) is 36.5 Å².